The zero-order chi connectivity index (χ0) is 16.8. The van der Waals surface area contributed by atoms with E-state index in [2.05, 4.69) is 10.5 Å². The van der Waals surface area contributed by atoms with Gasteiger partial charge in [-0.1, -0.05) is 6.07 Å². The van der Waals surface area contributed by atoms with E-state index < -0.39 is 4.92 Å². The molecule has 1 N–H and O–H groups in total. The summed E-state index contributed by atoms with van der Waals surface area (Å²) in [6.45, 7) is 0. The molecule has 23 heavy (non-hydrogen) atoms. The molecule has 0 aliphatic carbocycles. The van der Waals surface area contributed by atoms with Gasteiger partial charge in [0, 0.05) is 0 Å². The van der Waals surface area contributed by atoms with Crippen LogP contribution in [0.2, 0.25) is 0 Å². The van der Waals surface area contributed by atoms with Gasteiger partial charge in [0.15, 0.2) is 11.5 Å². The van der Waals surface area contributed by atoms with Gasteiger partial charge in [0.05, 0.1) is 41.9 Å². The Morgan fingerprint density at radius 1 is 1.35 bits per heavy atom. The fourth-order valence-corrected chi connectivity index (χ4v) is 2.38. The number of nitrogens with one attached hydrogen (secondary N) is 1. The smallest absolute Gasteiger partial charge is 0.282 e. The van der Waals surface area contributed by atoms with E-state index in [4.69, 9.17) is 9.47 Å². The molecular weight excluding hydrogens is 322 g/mol. The van der Waals surface area contributed by atoms with Crippen LogP contribution in [0.4, 0.5) is 5.69 Å². The average molecular weight is 335 g/mol. The molecule has 0 aliphatic heterocycles. The van der Waals surface area contributed by atoms with Gasteiger partial charge in [-0.3, -0.25) is 14.9 Å². The molecule has 9 heteroatoms. The lowest BCUT2D eigenvalue weighted by molar-refractivity contribution is -0.385. The first-order valence-electron chi connectivity index (χ1n) is 6.34. The summed E-state index contributed by atoms with van der Waals surface area (Å²) in [5.41, 5.74) is 2.28. The number of amides is 1. The van der Waals surface area contributed by atoms with Crippen LogP contribution in [-0.4, -0.2) is 31.3 Å². The second-order valence-electron chi connectivity index (χ2n) is 4.20. The third-order valence-corrected chi connectivity index (χ3v) is 3.71. The topological polar surface area (TPSA) is 103 Å². The number of carbonyl (C=O) groups excluding carboxylic acids is 1. The Kier molecular flexibility index (Phi) is 5.26. The number of nitrogens with zero attached hydrogens (tertiary/aromatic N) is 2. The number of thiophene rings is 1. The Morgan fingerprint density at radius 3 is 2.61 bits per heavy atom. The summed E-state index contributed by atoms with van der Waals surface area (Å²) in [6, 6.07) is 6.04. The fraction of sp³-hybridized carbons (Fsp3) is 0.143. The summed E-state index contributed by atoms with van der Waals surface area (Å²) in [7, 11) is 2.81. The quantitative estimate of drug-likeness (QED) is 0.496. The van der Waals surface area contributed by atoms with Crippen LogP contribution in [0.25, 0.3) is 0 Å². The molecule has 0 atom stereocenters. The van der Waals surface area contributed by atoms with Crippen molar-refractivity contribution >= 4 is 29.1 Å². The number of nitro groups is 1. The van der Waals surface area contributed by atoms with Crippen molar-refractivity contribution in [1.82, 2.24) is 5.43 Å². The van der Waals surface area contributed by atoms with Crippen LogP contribution in [-0.2, 0) is 0 Å². The number of rotatable bonds is 6. The first-order valence-corrected chi connectivity index (χ1v) is 7.22. The summed E-state index contributed by atoms with van der Waals surface area (Å²) >= 11 is 1.27. The third-order valence-electron chi connectivity index (χ3n) is 2.84. The third kappa shape index (κ3) is 3.83. The van der Waals surface area contributed by atoms with Crippen molar-refractivity contribution in [3.63, 3.8) is 0 Å². The number of hydrogen-bond acceptors (Lipinski definition) is 7. The monoisotopic (exact) mass is 335 g/mol. The Hall–Kier alpha value is -2.94. The highest BCUT2D eigenvalue weighted by molar-refractivity contribution is 7.12. The molecule has 1 heterocycles. The van der Waals surface area contributed by atoms with E-state index >= 15 is 0 Å². The molecule has 1 aromatic heterocycles. The highest BCUT2D eigenvalue weighted by Gasteiger charge is 2.18. The van der Waals surface area contributed by atoms with Gasteiger partial charge in [-0.05, 0) is 17.5 Å². The van der Waals surface area contributed by atoms with Crippen LogP contribution in [0.5, 0.6) is 11.5 Å². The average Bonchev–Trinajstić information content (AvgIpc) is 3.08. The molecule has 0 fully saturated rings. The SMILES string of the molecule is COc1cc(C=NNC(=O)c2cccs2)c([N+](=O)[O-])cc1OC. The largest absolute Gasteiger partial charge is 0.493 e. The Balaban J connectivity index is 2.25. The van der Waals surface area contributed by atoms with Crippen molar-refractivity contribution in [2.24, 2.45) is 5.10 Å². The molecule has 120 valence electrons. The van der Waals surface area contributed by atoms with Crippen LogP contribution >= 0.6 is 11.3 Å². The van der Waals surface area contributed by atoms with Crippen LogP contribution in [0, 0.1) is 10.1 Å². The van der Waals surface area contributed by atoms with Crippen molar-refractivity contribution in [2.75, 3.05) is 14.2 Å². The number of methoxy groups -OCH3 is 2. The van der Waals surface area contributed by atoms with Gasteiger partial charge < -0.3 is 9.47 Å². The lowest BCUT2D eigenvalue weighted by atomic mass is 10.1. The van der Waals surface area contributed by atoms with Gasteiger partial charge in [-0.25, -0.2) is 5.43 Å². The maximum atomic E-state index is 11.7. The molecule has 2 aromatic rings. The lowest BCUT2D eigenvalue weighted by Crippen LogP contribution is -2.16. The van der Waals surface area contributed by atoms with Gasteiger partial charge in [0.1, 0.15) is 0 Å². The highest BCUT2D eigenvalue weighted by Crippen LogP contribution is 2.33. The number of ether oxygens (including phenoxy) is 2. The molecule has 1 amide bonds. The van der Waals surface area contributed by atoms with Crippen molar-refractivity contribution < 1.29 is 19.2 Å². The minimum atomic E-state index is -0.565. The van der Waals surface area contributed by atoms with E-state index in [-0.39, 0.29) is 22.9 Å². The van der Waals surface area contributed by atoms with Gasteiger partial charge in [-0.2, -0.15) is 5.10 Å². The fourth-order valence-electron chi connectivity index (χ4n) is 1.77. The molecule has 0 aliphatic rings. The molecular formula is C14H13N3O5S. The van der Waals surface area contributed by atoms with Crippen LogP contribution in [0.1, 0.15) is 15.2 Å². The summed E-state index contributed by atoms with van der Waals surface area (Å²) in [4.78, 5) is 22.8. The van der Waals surface area contributed by atoms with Crippen molar-refractivity contribution in [3.05, 3.63) is 50.2 Å². The van der Waals surface area contributed by atoms with Crippen molar-refractivity contribution in [3.8, 4) is 11.5 Å². The van der Waals surface area contributed by atoms with E-state index in [0.29, 0.717) is 10.6 Å². The molecule has 8 nitrogen and oxygen atoms in total. The first-order chi connectivity index (χ1) is 11.1. The van der Waals surface area contributed by atoms with E-state index in [1.165, 1.54) is 43.9 Å². The van der Waals surface area contributed by atoms with E-state index in [0.717, 1.165) is 0 Å². The maximum Gasteiger partial charge on any atom is 0.282 e. The van der Waals surface area contributed by atoms with Crippen molar-refractivity contribution in [1.29, 1.82) is 0 Å². The molecule has 0 saturated heterocycles. The first kappa shape index (κ1) is 16.4. The van der Waals surface area contributed by atoms with Crippen LogP contribution < -0.4 is 14.9 Å². The minimum Gasteiger partial charge on any atom is -0.493 e. The predicted octanol–water partition coefficient (Wildman–Crippen LogP) is 2.44. The van der Waals surface area contributed by atoms with Crippen LogP contribution in [0.3, 0.4) is 0 Å². The van der Waals surface area contributed by atoms with Gasteiger partial charge in [-0.15, -0.1) is 11.3 Å². The predicted molar refractivity (Wildman–Crippen MR) is 85.6 cm³/mol. The summed E-state index contributed by atoms with van der Waals surface area (Å²) < 4.78 is 10.1. The zero-order valence-corrected chi connectivity index (χ0v) is 13.1. The summed E-state index contributed by atoms with van der Waals surface area (Å²) in [5, 5.41) is 16.6. The normalized spacial score (nSPS) is 10.5. The van der Waals surface area contributed by atoms with E-state index in [1.54, 1.807) is 17.5 Å². The maximum absolute atomic E-state index is 11.7. The molecule has 0 bridgehead atoms. The van der Waals surface area contributed by atoms with Crippen molar-refractivity contribution in [2.45, 2.75) is 0 Å². The van der Waals surface area contributed by atoms with Gasteiger partial charge in [0.2, 0.25) is 0 Å². The standard InChI is InChI=1S/C14H13N3O5S/c1-21-11-6-9(10(17(19)20)7-12(11)22-2)8-15-16-14(18)13-4-3-5-23-13/h3-8H,1-2H3,(H,16,18). The number of carbonyl (C=O) groups is 1. The summed E-state index contributed by atoms with van der Waals surface area (Å²) in [5.74, 6) is 0.169. The number of hydrazone groups is 1. The Bertz CT molecular complexity index is 743. The minimum absolute atomic E-state index is 0.180. The second kappa shape index (κ2) is 7.36. The molecule has 1 aromatic carbocycles. The van der Waals surface area contributed by atoms with Gasteiger partial charge in [0.25, 0.3) is 11.6 Å². The van der Waals surface area contributed by atoms with E-state index in [1.807, 2.05) is 0 Å². The number of hydrogen-bond donors (Lipinski definition) is 1. The molecule has 0 unspecified atom stereocenters. The summed E-state index contributed by atoms with van der Waals surface area (Å²) in [6.07, 6.45) is 1.19. The zero-order valence-electron chi connectivity index (χ0n) is 12.3. The molecule has 0 saturated carbocycles. The number of nitro benzene ring substituents is 1. The molecule has 0 radical (unpaired) electrons. The van der Waals surface area contributed by atoms with E-state index in [9.17, 15) is 14.9 Å². The van der Waals surface area contributed by atoms with Gasteiger partial charge >= 0.3 is 0 Å². The van der Waals surface area contributed by atoms with Crippen LogP contribution in [0.15, 0.2) is 34.7 Å². The highest BCUT2D eigenvalue weighted by atomic mass is 32.1. The number of benzene rings is 1. The Labute approximate surface area is 135 Å². The molecule has 2 rings (SSSR count). The Morgan fingerprint density at radius 2 is 2.04 bits per heavy atom. The molecule has 0 spiro atoms. The lowest BCUT2D eigenvalue weighted by Gasteiger charge is -2.08. The second-order valence-corrected chi connectivity index (χ2v) is 5.15.